The van der Waals surface area contributed by atoms with E-state index in [1.54, 1.807) is 6.92 Å². The van der Waals surface area contributed by atoms with Gasteiger partial charge in [-0.3, -0.25) is 4.79 Å². The second kappa shape index (κ2) is 5.94. The lowest BCUT2D eigenvalue weighted by Gasteiger charge is -2.16. The van der Waals surface area contributed by atoms with Crippen molar-refractivity contribution in [1.82, 2.24) is 15.5 Å². The summed E-state index contributed by atoms with van der Waals surface area (Å²) in [5.74, 6) is -0.0471. The van der Waals surface area contributed by atoms with Gasteiger partial charge in [0.15, 0.2) is 0 Å². The molecule has 2 atom stereocenters. The van der Waals surface area contributed by atoms with Crippen molar-refractivity contribution in [3.63, 3.8) is 0 Å². The van der Waals surface area contributed by atoms with Gasteiger partial charge in [-0.1, -0.05) is 11.2 Å². The number of aromatic nitrogens is 2. The summed E-state index contributed by atoms with van der Waals surface area (Å²) in [6.45, 7) is 3.44. The maximum absolute atomic E-state index is 11.8. The van der Waals surface area contributed by atoms with Crippen LogP contribution in [0.3, 0.4) is 0 Å². The Balaban J connectivity index is 1.87. The predicted molar refractivity (Wildman–Crippen MR) is 69.9 cm³/mol. The van der Waals surface area contributed by atoms with E-state index < -0.39 is 12.0 Å². The van der Waals surface area contributed by atoms with Crippen LogP contribution in [0.5, 0.6) is 0 Å². The molecule has 0 saturated heterocycles. The fourth-order valence-electron chi connectivity index (χ4n) is 1.67. The molecular weight excluding hydrogens is 266 g/mol. The molecule has 6 nitrogen and oxygen atoms in total. The molecule has 0 fully saturated rings. The number of thiophene rings is 1. The highest BCUT2D eigenvalue weighted by molar-refractivity contribution is 7.10. The van der Waals surface area contributed by atoms with E-state index in [9.17, 15) is 9.90 Å². The minimum atomic E-state index is -0.581. The first-order valence-corrected chi connectivity index (χ1v) is 6.77. The summed E-state index contributed by atoms with van der Waals surface area (Å²) in [6, 6.07) is 3.56. The highest BCUT2D eigenvalue weighted by Crippen LogP contribution is 2.22. The summed E-state index contributed by atoms with van der Waals surface area (Å²) in [5.41, 5.74) is 0. The zero-order chi connectivity index (χ0) is 13.8. The molecule has 2 aromatic heterocycles. The Morgan fingerprint density at radius 3 is 3.00 bits per heavy atom. The number of carbonyl (C=O) groups is 1. The third-order valence-electron chi connectivity index (χ3n) is 2.56. The van der Waals surface area contributed by atoms with Gasteiger partial charge in [0.25, 0.3) is 11.7 Å². The summed E-state index contributed by atoms with van der Waals surface area (Å²) in [7, 11) is 0. The van der Waals surface area contributed by atoms with E-state index in [0.29, 0.717) is 12.3 Å². The number of rotatable bonds is 5. The maximum atomic E-state index is 11.8. The fourth-order valence-corrected chi connectivity index (χ4v) is 2.40. The van der Waals surface area contributed by atoms with Crippen molar-refractivity contribution in [2.24, 2.45) is 0 Å². The third-order valence-corrected chi connectivity index (χ3v) is 3.53. The standard InChI is InChI=1S/C12H15N3O3S/c1-7(6-9(16)10-4-3-5-19-10)13-12(17)11-14-8(2)18-15-11/h3-5,7,9,16H,6H2,1-2H3,(H,13,17). The number of aliphatic hydroxyl groups is 1. The second-order valence-electron chi connectivity index (χ2n) is 4.28. The molecule has 0 aliphatic heterocycles. The zero-order valence-corrected chi connectivity index (χ0v) is 11.5. The van der Waals surface area contributed by atoms with E-state index in [4.69, 9.17) is 4.52 Å². The van der Waals surface area contributed by atoms with Crippen LogP contribution in [-0.2, 0) is 0 Å². The predicted octanol–water partition coefficient (Wildman–Crippen LogP) is 1.68. The van der Waals surface area contributed by atoms with Gasteiger partial charge < -0.3 is 14.9 Å². The number of amides is 1. The first-order chi connectivity index (χ1) is 9.06. The van der Waals surface area contributed by atoms with Crippen LogP contribution in [0.4, 0.5) is 0 Å². The molecule has 0 aromatic carbocycles. The van der Waals surface area contributed by atoms with Crippen LogP contribution in [0.15, 0.2) is 22.0 Å². The third kappa shape index (κ3) is 3.62. The van der Waals surface area contributed by atoms with E-state index in [0.717, 1.165) is 4.88 Å². The summed E-state index contributed by atoms with van der Waals surface area (Å²) in [5, 5.41) is 18.1. The number of nitrogens with one attached hydrogen (secondary N) is 1. The van der Waals surface area contributed by atoms with Crippen LogP contribution in [0.1, 0.15) is 40.8 Å². The van der Waals surface area contributed by atoms with E-state index in [1.165, 1.54) is 11.3 Å². The average Bonchev–Trinajstić information content (AvgIpc) is 2.98. The molecule has 7 heteroatoms. The lowest BCUT2D eigenvalue weighted by Crippen LogP contribution is -2.34. The van der Waals surface area contributed by atoms with Crippen molar-refractivity contribution in [3.05, 3.63) is 34.1 Å². The summed E-state index contributed by atoms with van der Waals surface area (Å²) >= 11 is 1.49. The van der Waals surface area contributed by atoms with Crippen molar-refractivity contribution in [1.29, 1.82) is 0 Å². The Morgan fingerprint density at radius 1 is 1.63 bits per heavy atom. The minimum Gasteiger partial charge on any atom is -0.387 e. The van der Waals surface area contributed by atoms with Gasteiger partial charge in [-0.2, -0.15) is 4.98 Å². The van der Waals surface area contributed by atoms with Crippen molar-refractivity contribution >= 4 is 17.2 Å². The van der Waals surface area contributed by atoms with Gasteiger partial charge in [0, 0.05) is 17.8 Å². The molecule has 102 valence electrons. The molecule has 0 aliphatic carbocycles. The van der Waals surface area contributed by atoms with Gasteiger partial charge >= 0.3 is 0 Å². The van der Waals surface area contributed by atoms with Gasteiger partial charge in [0.1, 0.15) is 0 Å². The van der Waals surface area contributed by atoms with Gasteiger partial charge in [0.2, 0.25) is 5.89 Å². The highest BCUT2D eigenvalue weighted by Gasteiger charge is 2.18. The summed E-state index contributed by atoms with van der Waals surface area (Å²) < 4.78 is 4.74. The molecule has 2 heterocycles. The normalized spacial score (nSPS) is 14.1. The molecule has 0 aliphatic rings. The molecule has 2 rings (SSSR count). The van der Waals surface area contributed by atoms with Crippen LogP contribution >= 0.6 is 11.3 Å². The number of hydrogen-bond donors (Lipinski definition) is 2. The fraction of sp³-hybridized carbons (Fsp3) is 0.417. The van der Waals surface area contributed by atoms with Crippen LogP contribution < -0.4 is 5.32 Å². The summed E-state index contributed by atoms with van der Waals surface area (Å²) in [4.78, 5) is 16.5. The molecule has 2 unspecified atom stereocenters. The van der Waals surface area contributed by atoms with E-state index in [1.807, 2.05) is 24.4 Å². The van der Waals surface area contributed by atoms with E-state index in [-0.39, 0.29) is 11.9 Å². The molecule has 2 aromatic rings. The quantitative estimate of drug-likeness (QED) is 0.870. The monoisotopic (exact) mass is 281 g/mol. The number of nitrogens with zero attached hydrogens (tertiary/aromatic N) is 2. The van der Waals surface area contributed by atoms with E-state index >= 15 is 0 Å². The van der Waals surface area contributed by atoms with Gasteiger partial charge in [-0.25, -0.2) is 0 Å². The first kappa shape index (κ1) is 13.7. The van der Waals surface area contributed by atoms with Crippen LogP contribution in [0.2, 0.25) is 0 Å². The van der Waals surface area contributed by atoms with Crippen LogP contribution in [0, 0.1) is 6.92 Å². The highest BCUT2D eigenvalue weighted by atomic mass is 32.1. The first-order valence-electron chi connectivity index (χ1n) is 5.89. The molecule has 0 saturated carbocycles. The number of carbonyl (C=O) groups excluding carboxylic acids is 1. The maximum Gasteiger partial charge on any atom is 0.292 e. The van der Waals surface area contributed by atoms with Crippen molar-refractivity contribution < 1.29 is 14.4 Å². The van der Waals surface area contributed by atoms with Gasteiger partial charge in [0.05, 0.1) is 6.10 Å². The largest absolute Gasteiger partial charge is 0.387 e. The molecule has 2 N–H and O–H groups in total. The second-order valence-corrected chi connectivity index (χ2v) is 5.26. The Hall–Kier alpha value is -1.73. The number of aliphatic hydroxyl groups excluding tert-OH is 1. The Kier molecular flexibility index (Phi) is 4.28. The van der Waals surface area contributed by atoms with Crippen molar-refractivity contribution in [3.8, 4) is 0 Å². The zero-order valence-electron chi connectivity index (χ0n) is 10.7. The molecule has 0 spiro atoms. The number of hydrogen-bond acceptors (Lipinski definition) is 6. The van der Waals surface area contributed by atoms with Gasteiger partial charge in [-0.15, -0.1) is 11.3 Å². The van der Waals surface area contributed by atoms with Crippen LogP contribution in [-0.4, -0.2) is 27.2 Å². The van der Waals surface area contributed by atoms with Crippen molar-refractivity contribution in [2.45, 2.75) is 32.4 Å². The average molecular weight is 281 g/mol. The smallest absolute Gasteiger partial charge is 0.292 e. The van der Waals surface area contributed by atoms with Crippen molar-refractivity contribution in [2.75, 3.05) is 0 Å². The SMILES string of the molecule is Cc1nc(C(=O)NC(C)CC(O)c2cccs2)no1. The lowest BCUT2D eigenvalue weighted by atomic mass is 10.1. The molecule has 1 amide bonds. The van der Waals surface area contributed by atoms with Crippen LogP contribution in [0.25, 0.3) is 0 Å². The van der Waals surface area contributed by atoms with E-state index in [2.05, 4.69) is 15.5 Å². The molecule has 0 bridgehead atoms. The number of aryl methyl sites for hydroxylation is 1. The topological polar surface area (TPSA) is 88.2 Å². The molecular formula is C12H15N3O3S. The lowest BCUT2D eigenvalue weighted by molar-refractivity contribution is 0.0905. The molecule has 0 radical (unpaired) electrons. The Labute approximate surface area is 114 Å². The Morgan fingerprint density at radius 2 is 2.42 bits per heavy atom. The molecule has 19 heavy (non-hydrogen) atoms. The summed E-state index contributed by atoms with van der Waals surface area (Å²) in [6.07, 6.45) is -0.148. The Bertz CT molecular complexity index is 538. The van der Waals surface area contributed by atoms with Gasteiger partial charge in [-0.05, 0) is 24.8 Å². The minimum absolute atomic E-state index is 0.00923.